The number of fused-ring (bicyclic) bond motifs is 3. The van der Waals surface area contributed by atoms with Gasteiger partial charge in [-0.1, -0.05) is 51.0 Å². The number of rotatable bonds is 2. The summed E-state index contributed by atoms with van der Waals surface area (Å²) in [6.45, 7) is 10.6. The van der Waals surface area contributed by atoms with Crippen LogP contribution in [0.15, 0.2) is 36.5 Å². The molecule has 2 atom stereocenters. The van der Waals surface area contributed by atoms with Gasteiger partial charge in [-0.3, -0.25) is 0 Å². The van der Waals surface area contributed by atoms with E-state index >= 15 is 0 Å². The Bertz CT molecular complexity index is 1170. The zero-order valence-corrected chi connectivity index (χ0v) is 18.3. The van der Waals surface area contributed by atoms with Crippen LogP contribution in [0.4, 0.5) is 0 Å². The van der Waals surface area contributed by atoms with Crippen LogP contribution in [0.2, 0.25) is 0 Å². The molecular formula is C27H32NO+. The van der Waals surface area contributed by atoms with Gasteiger partial charge in [-0.15, -0.1) is 0 Å². The zero-order chi connectivity index (χ0) is 20.0. The Labute approximate surface area is 173 Å². The maximum Gasteiger partial charge on any atom is 0.224 e. The van der Waals surface area contributed by atoms with Crippen LogP contribution in [-0.4, -0.2) is 6.61 Å². The Balaban J connectivity index is 1.83. The van der Waals surface area contributed by atoms with Crippen molar-refractivity contribution in [1.29, 1.82) is 0 Å². The van der Waals surface area contributed by atoms with Crippen molar-refractivity contribution in [3.63, 3.8) is 0 Å². The topological polar surface area (TPSA) is 13.1 Å². The molecule has 1 aliphatic carbocycles. The zero-order valence-electron chi connectivity index (χ0n) is 18.3. The maximum absolute atomic E-state index is 6.48. The van der Waals surface area contributed by atoms with Gasteiger partial charge in [-0.05, 0) is 43.2 Å². The highest BCUT2D eigenvalue weighted by atomic mass is 16.5. The second-order valence-electron chi connectivity index (χ2n) is 10.2. The van der Waals surface area contributed by atoms with E-state index in [1.807, 2.05) is 0 Å². The number of benzene rings is 2. The van der Waals surface area contributed by atoms with Crippen molar-refractivity contribution in [2.45, 2.75) is 82.6 Å². The molecule has 3 aliphatic rings. The van der Waals surface area contributed by atoms with E-state index < -0.39 is 0 Å². The molecular weight excluding hydrogens is 354 g/mol. The van der Waals surface area contributed by atoms with Crippen molar-refractivity contribution in [3.8, 4) is 5.75 Å². The van der Waals surface area contributed by atoms with Crippen LogP contribution in [0.3, 0.4) is 0 Å². The molecule has 1 aromatic heterocycles. The first kappa shape index (κ1) is 17.7. The van der Waals surface area contributed by atoms with Crippen molar-refractivity contribution < 1.29 is 9.30 Å². The van der Waals surface area contributed by atoms with Gasteiger partial charge in [0.15, 0.2) is 11.7 Å². The monoisotopic (exact) mass is 386 g/mol. The number of aromatic nitrogens is 1. The standard InChI is InChI=1S/C27H32NO/c1-5-25(3)20-11-9-10-18-12-13-19-23(22(18)20)28(26(25,4)6-2)16-21-24(19)29-17-27(21)14-7-8-15-27/h9-13,16H,5-8,14-15,17H2,1-4H3/q+1. The van der Waals surface area contributed by atoms with Crippen molar-refractivity contribution in [3.05, 3.63) is 47.7 Å². The van der Waals surface area contributed by atoms with Gasteiger partial charge >= 0.3 is 0 Å². The van der Waals surface area contributed by atoms with Crippen molar-refractivity contribution in [2.75, 3.05) is 6.61 Å². The predicted octanol–water partition coefficient (Wildman–Crippen LogP) is 6.29. The first-order valence-electron chi connectivity index (χ1n) is 11.6. The third kappa shape index (κ3) is 1.87. The summed E-state index contributed by atoms with van der Waals surface area (Å²) in [5.74, 6) is 1.17. The first-order chi connectivity index (χ1) is 14.0. The van der Waals surface area contributed by atoms with E-state index in [-0.39, 0.29) is 16.4 Å². The molecule has 0 saturated heterocycles. The fraction of sp³-hybridized carbons (Fsp3) is 0.519. The third-order valence-corrected chi connectivity index (χ3v) is 9.34. The Morgan fingerprint density at radius 1 is 0.966 bits per heavy atom. The summed E-state index contributed by atoms with van der Waals surface area (Å²) < 4.78 is 9.17. The molecule has 0 radical (unpaired) electrons. The normalized spacial score (nSPS) is 29.1. The summed E-state index contributed by atoms with van der Waals surface area (Å²) in [7, 11) is 0. The number of hydrogen-bond acceptors (Lipinski definition) is 1. The summed E-state index contributed by atoms with van der Waals surface area (Å²) in [4.78, 5) is 0. The third-order valence-electron chi connectivity index (χ3n) is 9.34. The molecule has 2 nitrogen and oxygen atoms in total. The molecule has 29 heavy (non-hydrogen) atoms. The van der Waals surface area contributed by atoms with Gasteiger partial charge < -0.3 is 4.74 Å². The van der Waals surface area contributed by atoms with Crippen molar-refractivity contribution in [2.24, 2.45) is 0 Å². The van der Waals surface area contributed by atoms with E-state index in [0.717, 1.165) is 19.4 Å². The molecule has 0 amide bonds. The fourth-order valence-corrected chi connectivity index (χ4v) is 7.01. The van der Waals surface area contributed by atoms with E-state index in [0.29, 0.717) is 0 Å². The van der Waals surface area contributed by atoms with Gasteiger partial charge in [0.2, 0.25) is 5.52 Å². The molecule has 0 bridgehead atoms. The van der Waals surface area contributed by atoms with Crippen molar-refractivity contribution >= 4 is 21.7 Å². The maximum atomic E-state index is 6.48. The predicted molar refractivity (Wildman–Crippen MR) is 119 cm³/mol. The summed E-state index contributed by atoms with van der Waals surface area (Å²) in [6.07, 6.45) is 10.0. The minimum atomic E-state index is 0.0417. The van der Waals surface area contributed by atoms with Crippen LogP contribution >= 0.6 is 0 Å². The van der Waals surface area contributed by atoms with Crippen LogP contribution in [0, 0.1) is 0 Å². The molecule has 2 aromatic carbocycles. The van der Waals surface area contributed by atoms with Crippen LogP contribution < -0.4 is 9.30 Å². The lowest BCUT2D eigenvalue weighted by Gasteiger charge is -2.45. The van der Waals surface area contributed by atoms with Gasteiger partial charge in [0.1, 0.15) is 5.75 Å². The average molecular weight is 387 g/mol. The lowest BCUT2D eigenvalue weighted by molar-refractivity contribution is -0.751. The molecule has 1 saturated carbocycles. The number of nitrogens with zero attached hydrogens (tertiary/aromatic N) is 1. The quantitative estimate of drug-likeness (QED) is 0.372. The molecule has 3 aromatic rings. The number of hydrogen-bond donors (Lipinski definition) is 0. The molecule has 6 rings (SSSR count). The minimum absolute atomic E-state index is 0.0417. The molecule has 2 aliphatic heterocycles. The second-order valence-corrected chi connectivity index (χ2v) is 10.2. The Kier molecular flexibility index (Phi) is 3.38. The molecule has 2 heteroatoms. The Morgan fingerprint density at radius 3 is 2.48 bits per heavy atom. The smallest absolute Gasteiger partial charge is 0.224 e. The van der Waals surface area contributed by atoms with Crippen LogP contribution in [0.5, 0.6) is 5.75 Å². The van der Waals surface area contributed by atoms with Gasteiger partial charge in [-0.25, -0.2) is 0 Å². The highest BCUT2D eigenvalue weighted by molar-refractivity contribution is 6.08. The molecule has 2 unspecified atom stereocenters. The van der Waals surface area contributed by atoms with E-state index in [4.69, 9.17) is 4.74 Å². The van der Waals surface area contributed by atoms with E-state index in [9.17, 15) is 0 Å². The number of ether oxygens (including phenoxy) is 1. The summed E-state index contributed by atoms with van der Waals surface area (Å²) >= 11 is 0. The molecule has 0 N–H and O–H groups in total. The van der Waals surface area contributed by atoms with Crippen LogP contribution in [0.25, 0.3) is 21.7 Å². The van der Waals surface area contributed by atoms with Gasteiger partial charge in [0, 0.05) is 18.8 Å². The Morgan fingerprint density at radius 2 is 1.76 bits per heavy atom. The summed E-state index contributed by atoms with van der Waals surface area (Å²) in [6, 6.07) is 11.6. The summed E-state index contributed by atoms with van der Waals surface area (Å²) in [5.41, 5.74) is 4.78. The number of pyridine rings is 1. The largest absolute Gasteiger partial charge is 0.491 e. The molecule has 1 fully saturated rings. The average Bonchev–Trinajstić information content (AvgIpc) is 3.38. The molecule has 1 spiro atoms. The molecule has 150 valence electrons. The lowest BCUT2D eigenvalue weighted by atomic mass is 9.61. The highest BCUT2D eigenvalue weighted by Crippen LogP contribution is 2.55. The Hall–Kier alpha value is -2.09. The van der Waals surface area contributed by atoms with E-state index in [1.165, 1.54) is 64.2 Å². The van der Waals surface area contributed by atoms with Crippen LogP contribution in [-0.2, 0) is 16.4 Å². The van der Waals surface area contributed by atoms with Gasteiger partial charge in [0.05, 0.1) is 28.4 Å². The fourth-order valence-electron chi connectivity index (χ4n) is 7.01. The second kappa shape index (κ2) is 5.53. The van der Waals surface area contributed by atoms with E-state index in [1.54, 1.807) is 0 Å². The highest BCUT2D eigenvalue weighted by Gasteiger charge is 2.57. The van der Waals surface area contributed by atoms with Gasteiger partial charge in [-0.2, -0.15) is 4.57 Å². The van der Waals surface area contributed by atoms with Crippen molar-refractivity contribution in [1.82, 2.24) is 0 Å². The first-order valence-corrected chi connectivity index (χ1v) is 11.6. The minimum Gasteiger partial charge on any atom is -0.491 e. The lowest BCUT2D eigenvalue weighted by Crippen LogP contribution is -2.66. The van der Waals surface area contributed by atoms with Gasteiger partial charge in [0.25, 0.3) is 0 Å². The molecule has 3 heterocycles. The van der Waals surface area contributed by atoms with Crippen LogP contribution in [0.1, 0.15) is 77.3 Å². The van der Waals surface area contributed by atoms with E-state index in [2.05, 4.69) is 68.8 Å². The SMILES string of the molecule is CCC1(C)c2cccc3ccc4c5c(c[n+](c4c23)C1(C)CC)C1(CCCC1)CO5. The summed E-state index contributed by atoms with van der Waals surface area (Å²) in [5, 5.41) is 4.12.